The summed E-state index contributed by atoms with van der Waals surface area (Å²) < 4.78 is 27.3. The minimum Gasteiger partial charge on any atom is -0.493 e. The molecule has 36 heavy (non-hydrogen) atoms. The number of rotatable bonds is 7. The second-order valence-corrected chi connectivity index (χ2v) is 9.30. The first-order valence-corrected chi connectivity index (χ1v) is 12.1. The lowest BCUT2D eigenvalue weighted by Gasteiger charge is -2.14. The van der Waals surface area contributed by atoms with Crippen LogP contribution in [0.25, 0.3) is 10.9 Å². The van der Waals surface area contributed by atoms with Crippen LogP contribution in [0.3, 0.4) is 0 Å². The van der Waals surface area contributed by atoms with Crippen molar-refractivity contribution in [3.05, 3.63) is 91.1 Å². The molecule has 0 bridgehead atoms. The number of amides is 1. The molecule has 0 aliphatic rings. The van der Waals surface area contributed by atoms with Crippen molar-refractivity contribution in [3.63, 3.8) is 0 Å². The summed E-state index contributed by atoms with van der Waals surface area (Å²) in [7, 11) is 1.45. The number of hydrogen-bond donors (Lipinski definition) is 1. The van der Waals surface area contributed by atoms with E-state index in [1.807, 2.05) is 6.07 Å². The molecule has 4 rings (SSSR count). The first-order chi connectivity index (χ1) is 17.3. The van der Waals surface area contributed by atoms with E-state index in [9.17, 15) is 14.0 Å². The molecule has 1 aromatic heterocycles. The molecule has 0 atom stereocenters. The molecule has 11 heteroatoms. The zero-order chi connectivity index (χ0) is 25.8. The number of ether oxygens (including phenoxy) is 2. The smallest absolute Gasteiger partial charge is 0.282 e. The third kappa shape index (κ3) is 5.63. The Hall–Kier alpha value is -3.57. The van der Waals surface area contributed by atoms with Crippen molar-refractivity contribution < 1.29 is 18.7 Å². The molecule has 0 spiro atoms. The van der Waals surface area contributed by atoms with Gasteiger partial charge in [0, 0.05) is 4.47 Å². The molecular formula is C25H19Br2FN4O4. The van der Waals surface area contributed by atoms with E-state index in [0.717, 1.165) is 4.47 Å². The Morgan fingerprint density at radius 1 is 1.19 bits per heavy atom. The maximum atomic E-state index is 13.8. The number of benzene rings is 3. The normalized spacial score (nSPS) is 11.1. The lowest BCUT2D eigenvalue weighted by atomic mass is 10.2. The molecule has 1 N–H and O–H groups in total. The molecule has 8 nitrogen and oxygen atoms in total. The van der Waals surface area contributed by atoms with Gasteiger partial charge in [-0.25, -0.2) is 9.37 Å². The summed E-state index contributed by atoms with van der Waals surface area (Å²) in [6, 6.07) is 14.5. The number of methoxy groups -OCH3 is 1. The summed E-state index contributed by atoms with van der Waals surface area (Å²) in [5, 5.41) is 7.21. The van der Waals surface area contributed by atoms with E-state index in [4.69, 9.17) is 9.47 Å². The molecule has 0 aliphatic heterocycles. The minimum absolute atomic E-state index is 0.0600. The molecule has 3 aromatic carbocycles. The number of fused-ring (bicyclic) bond motifs is 1. The van der Waals surface area contributed by atoms with Crippen LogP contribution in [0.5, 0.6) is 11.5 Å². The average molecular weight is 618 g/mol. The van der Waals surface area contributed by atoms with Gasteiger partial charge in [0.25, 0.3) is 11.5 Å². The van der Waals surface area contributed by atoms with Crippen molar-refractivity contribution in [3.8, 4) is 11.5 Å². The Morgan fingerprint density at radius 3 is 2.72 bits per heavy atom. The Bertz CT molecular complexity index is 1560. The van der Waals surface area contributed by atoms with Crippen LogP contribution in [-0.2, 0) is 4.79 Å². The molecular weight excluding hydrogens is 599 g/mol. The molecule has 1 heterocycles. The molecule has 0 aliphatic carbocycles. The van der Waals surface area contributed by atoms with Crippen LogP contribution in [0.2, 0.25) is 0 Å². The molecule has 0 saturated carbocycles. The van der Waals surface area contributed by atoms with E-state index in [1.165, 1.54) is 36.2 Å². The number of carbonyl (C=O) groups excluding carboxylic acids is 1. The van der Waals surface area contributed by atoms with Gasteiger partial charge in [-0.15, -0.1) is 0 Å². The van der Waals surface area contributed by atoms with Crippen LogP contribution in [0.4, 0.5) is 10.1 Å². The van der Waals surface area contributed by atoms with E-state index in [-0.39, 0.29) is 23.6 Å². The number of nitrogens with one attached hydrogen (secondary N) is 1. The van der Waals surface area contributed by atoms with Gasteiger partial charge in [-0.2, -0.15) is 9.78 Å². The number of para-hydroxylation sites is 1. The fourth-order valence-electron chi connectivity index (χ4n) is 3.36. The average Bonchev–Trinajstić information content (AvgIpc) is 2.85. The number of hydrogen-bond acceptors (Lipinski definition) is 6. The third-order valence-electron chi connectivity index (χ3n) is 5.04. The summed E-state index contributed by atoms with van der Waals surface area (Å²) >= 11 is 6.79. The second-order valence-electron chi connectivity index (χ2n) is 7.53. The van der Waals surface area contributed by atoms with Crippen LogP contribution in [0.1, 0.15) is 11.4 Å². The molecule has 184 valence electrons. The first-order valence-electron chi connectivity index (χ1n) is 10.5. The van der Waals surface area contributed by atoms with Crippen molar-refractivity contribution in [1.82, 2.24) is 9.66 Å². The van der Waals surface area contributed by atoms with Crippen LogP contribution in [0, 0.1) is 12.7 Å². The van der Waals surface area contributed by atoms with Crippen molar-refractivity contribution in [2.24, 2.45) is 5.10 Å². The lowest BCUT2D eigenvalue weighted by Crippen LogP contribution is -2.21. The van der Waals surface area contributed by atoms with Crippen molar-refractivity contribution in [1.29, 1.82) is 0 Å². The molecule has 0 saturated heterocycles. The van der Waals surface area contributed by atoms with Gasteiger partial charge in [0.2, 0.25) is 0 Å². The third-order valence-corrected chi connectivity index (χ3v) is 6.12. The van der Waals surface area contributed by atoms with E-state index in [1.54, 1.807) is 37.3 Å². The highest BCUT2D eigenvalue weighted by molar-refractivity contribution is 9.10. The molecule has 1 amide bonds. The predicted octanol–water partition coefficient (Wildman–Crippen LogP) is 5.28. The van der Waals surface area contributed by atoms with Gasteiger partial charge >= 0.3 is 0 Å². The van der Waals surface area contributed by atoms with Gasteiger partial charge in [0.1, 0.15) is 11.6 Å². The minimum atomic E-state index is -0.545. The second kappa shape index (κ2) is 11.0. The SMILES string of the molecule is COc1cc(C=Nn2c(C)nc3ccc(Br)cc3c2=O)cc(Br)c1OCC(=O)Nc1ccccc1F. The highest BCUT2D eigenvalue weighted by Gasteiger charge is 2.15. The van der Waals surface area contributed by atoms with Gasteiger partial charge in [-0.3, -0.25) is 9.59 Å². The Labute approximate surface area is 222 Å². The standard InChI is InChI=1S/C25H19Br2FN4O4/c1-14-30-20-8-7-16(26)11-17(20)25(34)32(14)29-12-15-9-18(27)24(22(10-15)35-2)36-13-23(33)31-21-6-4-3-5-19(21)28/h3-12H,13H2,1-2H3,(H,31,33). The zero-order valence-corrected chi connectivity index (χ0v) is 22.3. The van der Waals surface area contributed by atoms with Gasteiger partial charge in [-0.1, -0.05) is 28.1 Å². The monoisotopic (exact) mass is 616 g/mol. The summed E-state index contributed by atoms with van der Waals surface area (Å²) in [5.74, 6) is -0.0437. The highest BCUT2D eigenvalue weighted by Crippen LogP contribution is 2.36. The van der Waals surface area contributed by atoms with E-state index >= 15 is 0 Å². The molecule has 0 unspecified atom stereocenters. The van der Waals surface area contributed by atoms with Crippen molar-refractivity contribution in [2.75, 3.05) is 19.0 Å². The lowest BCUT2D eigenvalue weighted by molar-refractivity contribution is -0.118. The number of nitrogens with zero attached hydrogens (tertiary/aromatic N) is 3. The van der Waals surface area contributed by atoms with Gasteiger partial charge in [0.15, 0.2) is 18.1 Å². The molecule has 4 aromatic rings. The fourth-order valence-corrected chi connectivity index (χ4v) is 4.30. The molecule has 0 radical (unpaired) electrons. The largest absolute Gasteiger partial charge is 0.493 e. The topological polar surface area (TPSA) is 94.8 Å². The maximum absolute atomic E-state index is 13.8. The predicted molar refractivity (Wildman–Crippen MR) is 143 cm³/mol. The van der Waals surface area contributed by atoms with E-state index < -0.39 is 11.7 Å². The maximum Gasteiger partial charge on any atom is 0.282 e. The first kappa shape index (κ1) is 25.5. The van der Waals surface area contributed by atoms with Crippen LogP contribution >= 0.6 is 31.9 Å². The summed E-state index contributed by atoms with van der Waals surface area (Å²) in [6.45, 7) is 1.32. The number of anilines is 1. The van der Waals surface area contributed by atoms with Crippen molar-refractivity contribution >= 4 is 60.6 Å². The van der Waals surface area contributed by atoms with E-state index in [2.05, 4.69) is 47.3 Å². The highest BCUT2D eigenvalue weighted by atomic mass is 79.9. The number of aromatic nitrogens is 2. The number of halogens is 3. The van der Waals surface area contributed by atoms with Gasteiger partial charge in [-0.05, 0) is 70.9 Å². The van der Waals surface area contributed by atoms with Gasteiger partial charge < -0.3 is 14.8 Å². The Morgan fingerprint density at radius 2 is 1.97 bits per heavy atom. The molecule has 0 fully saturated rings. The summed E-state index contributed by atoms with van der Waals surface area (Å²) in [4.78, 5) is 29.6. The quantitative estimate of drug-likeness (QED) is 0.285. The van der Waals surface area contributed by atoms with E-state index in [0.29, 0.717) is 32.5 Å². The fraction of sp³-hybridized carbons (Fsp3) is 0.120. The Balaban J connectivity index is 1.55. The summed E-state index contributed by atoms with van der Waals surface area (Å²) in [6.07, 6.45) is 1.49. The summed E-state index contributed by atoms with van der Waals surface area (Å²) in [5.41, 5.74) is 0.936. The number of carbonyl (C=O) groups is 1. The van der Waals surface area contributed by atoms with Crippen LogP contribution in [-0.4, -0.2) is 35.5 Å². The zero-order valence-electron chi connectivity index (χ0n) is 19.1. The van der Waals surface area contributed by atoms with Crippen LogP contribution < -0.4 is 20.3 Å². The van der Waals surface area contributed by atoms with Crippen LogP contribution in [0.15, 0.2) is 73.4 Å². The number of aryl methyl sites for hydroxylation is 1. The van der Waals surface area contributed by atoms with Gasteiger partial charge in [0.05, 0.1) is 34.4 Å². The van der Waals surface area contributed by atoms with Crippen molar-refractivity contribution in [2.45, 2.75) is 6.92 Å². The Kier molecular flexibility index (Phi) is 7.80.